The molecule has 2 saturated heterocycles. The number of hydrazine groups is 1. The monoisotopic (exact) mass is 367 g/mol. The number of benzene rings is 1. The van der Waals surface area contributed by atoms with Crippen LogP contribution in [0.4, 0.5) is 5.69 Å². The molecule has 2 fully saturated rings. The molecule has 0 saturated carbocycles. The van der Waals surface area contributed by atoms with Gasteiger partial charge in [0.05, 0.1) is 5.75 Å². The summed E-state index contributed by atoms with van der Waals surface area (Å²) in [6.45, 7) is 8.01. The molecule has 1 aromatic carbocycles. The predicted molar refractivity (Wildman–Crippen MR) is 102 cm³/mol. The second kappa shape index (κ2) is 7.54. The number of hydrogen-bond donors (Lipinski definition) is 0. The molecule has 0 bridgehead atoms. The van der Waals surface area contributed by atoms with Crippen LogP contribution in [-0.4, -0.2) is 52.7 Å². The summed E-state index contributed by atoms with van der Waals surface area (Å²) in [4.78, 5) is 14.7. The molecular weight excluding hydrogens is 342 g/mol. The highest BCUT2D eigenvalue weighted by molar-refractivity contribution is 8.01. The molecule has 132 valence electrons. The first-order valence-electron chi connectivity index (χ1n) is 8.76. The number of hydrogen-bond acceptors (Lipinski definition) is 4. The maximum absolute atomic E-state index is 12.5. The largest absolute Gasteiger partial charge is 0.369 e. The van der Waals surface area contributed by atoms with Gasteiger partial charge in [-0.15, -0.1) is 11.8 Å². The Balaban J connectivity index is 1.66. The van der Waals surface area contributed by atoms with E-state index in [0.717, 1.165) is 49.7 Å². The third-order valence-electron chi connectivity index (χ3n) is 4.90. The fraction of sp³-hybridized carbons (Fsp3) is 0.611. The summed E-state index contributed by atoms with van der Waals surface area (Å²) in [6.07, 6.45) is 3.39. The molecule has 1 unspecified atom stereocenters. The van der Waals surface area contributed by atoms with Crippen molar-refractivity contribution in [2.45, 2.75) is 38.0 Å². The number of anilines is 1. The lowest BCUT2D eigenvalue weighted by molar-refractivity contribution is -0.153. The molecule has 0 radical (unpaired) electrons. The fourth-order valence-electron chi connectivity index (χ4n) is 3.57. The van der Waals surface area contributed by atoms with Crippen LogP contribution < -0.4 is 4.90 Å². The van der Waals surface area contributed by atoms with Crippen molar-refractivity contribution in [3.8, 4) is 0 Å². The molecule has 1 amide bonds. The van der Waals surface area contributed by atoms with Gasteiger partial charge in [0, 0.05) is 36.9 Å². The van der Waals surface area contributed by atoms with Gasteiger partial charge in [-0.1, -0.05) is 37.4 Å². The molecule has 0 N–H and O–H groups in total. The second-order valence-electron chi connectivity index (χ2n) is 6.69. The lowest BCUT2D eigenvalue weighted by Crippen LogP contribution is -2.59. The number of unbranched alkanes of at least 4 members (excludes halogenated alkanes) is 1. The lowest BCUT2D eigenvalue weighted by atomic mass is 10.1. The summed E-state index contributed by atoms with van der Waals surface area (Å²) in [6, 6.07) is 8.01. The summed E-state index contributed by atoms with van der Waals surface area (Å²) >= 11 is 7.91. The van der Waals surface area contributed by atoms with Crippen LogP contribution >= 0.6 is 23.4 Å². The molecule has 1 atom stereocenters. The Morgan fingerprint density at radius 2 is 2.00 bits per heavy atom. The van der Waals surface area contributed by atoms with Gasteiger partial charge in [-0.05, 0) is 31.5 Å². The SMILES string of the molecule is CCCCC1(C)SCC(=O)N1N1CCN(c2cccc(Cl)c2)CC1. The Hall–Kier alpha value is -0.910. The number of carbonyl (C=O) groups excluding carboxylic acids is 1. The van der Waals surface area contributed by atoms with Crippen LogP contribution in [0.1, 0.15) is 33.1 Å². The van der Waals surface area contributed by atoms with Crippen LogP contribution in [0.2, 0.25) is 5.02 Å². The smallest absolute Gasteiger partial charge is 0.248 e. The summed E-state index contributed by atoms with van der Waals surface area (Å²) in [7, 11) is 0. The zero-order chi connectivity index (χ0) is 17.2. The van der Waals surface area contributed by atoms with Gasteiger partial charge < -0.3 is 4.90 Å². The molecule has 6 heteroatoms. The van der Waals surface area contributed by atoms with E-state index in [2.05, 4.69) is 34.8 Å². The zero-order valence-electron chi connectivity index (χ0n) is 14.5. The van der Waals surface area contributed by atoms with Crippen LogP contribution in [-0.2, 0) is 4.79 Å². The van der Waals surface area contributed by atoms with Crippen molar-refractivity contribution < 1.29 is 4.79 Å². The van der Waals surface area contributed by atoms with Gasteiger partial charge in [0.1, 0.15) is 4.87 Å². The Morgan fingerprint density at radius 3 is 2.67 bits per heavy atom. The number of carbonyl (C=O) groups is 1. The van der Waals surface area contributed by atoms with E-state index >= 15 is 0 Å². The van der Waals surface area contributed by atoms with E-state index in [4.69, 9.17) is 11.6 Å². The summed E-state index contributed by atoms with van der Waals surface area (Å²) in [5.41, 5.74) is 1.16. The summed E-state index contributed by atoms with van der Waals surface area (Å²) in [5.74, 6) is 0.865. The summed E-state index contributed by atoms with van der Waals surface area (Å²) < 4.78 is 0. The Morgan fingerprint density at radius 1 is 1.25 bits per heavy atom. The van der Waals surface area contributed by atoms with Crippen LogP contribution in [0.3, 0.4) is 0 Å². The van der Waals surface area contributed by atoms with Gasteiger partial charge in [0.15, 0.2) is 0 Å². The number of amides is 1. The van der Waals surface area contributed by atoms with Crippen molar-refractivity contribution in [3.63, 3.8) is 0 Å². The van der Waals surface area contributed by atoms with E-state index < -0.39 is 0 Å². The second-order valence-corrected chi connectivity index (χ2v) is 8.59. The molecular formula is C18H26ClN3OS. The van der Waals surface area contributed by atoms with Crippen molar-refractivity contribution in [3.05, 3.63) is 29.3 Å². The highest BCUT2D eigenvalue weighted by atomic mass is 35.5. The van der Waals surface area contributed by atoms with Crippen LogP contribution in [0.5, 0.6) is 0 Å². The van der Waals surface area contributed by atoms with Gasteiger partial charge in [-0.25, -0.2) is 5.01 Å². The first-order chi connectivity index (χ1) is 11.5. The maximum atomic E-state index is 12.5. The Kier molecular flexibility index (Phi) is 5.63. The average molecular weight is 368 g/mol. The van der Waals surface area contributed by atoms with E-state index in [9.17, 15) is 4.79 Å². The zero-order valence-corrected chi connectivity index (χ0v) is 16.1. The van der Waals surface area contributed by atoms with Gasteiger partial charge in [0.2, 0.25) is 5.91 Å². The van der Waals surface area contributed by atoms with E-state index in [1.54, 1.807) is 11.8 Å². The number of piperazine rings is 1. The first-order valence-corrected chi connectivity index (χ1v) is 10.1. The number of nitrogens with zero attached hydrogens (tertiary/aromatic N) is 3. The topological polar surface area (TPSA) is 26.8 Å². The minimum Gasteiger partial charge on any atom is -0.369 e. The summed E-state index contributed by atoms with van der Waals surface area (Å²) in [5, 5.41) is 5.09. The molecule has 0 aliphatic carbocycles. The molecule has 3 rings (SSSR count). The van der Waals surface area contributed by atoms with Crippen molar-refractivity contribution in [1.82, 2.24) is 10.0 Å². The molecule has 1 aromatic rings. The molecule has 2 aliphatic heterocycles. The van der Waals surface area contributed by atoms with E-state index in [1.807, 2.05) is 18.2 Å². The van der Waals surface area contributed by atoms with Gasteiger partial charge in [-0.2, -0.15) is 0 Å². The van der Waals surface area contributed by atoms with Crippen LogP contribution in [0.15, 0.2) is 24.3 Å². The lowest BCUT2D eigenvalue weighted by Gasteiger charge is -2.46. The minimum atomic E-state index is -0.0781. The normalized spacial score (nSPS) is 25.5. The van der Waals surface area contributed by atoms with E-state index in [0.29, 0.717) is 5.75 Å². The minimum absolute atomic E-state index is 0.0781. The highest BCUT2D eigenvalue weighted by Crippen LogP contribution is 2.41. The van der Waals surface area contributed by atoms with E-state index in [-0.39, 0.29) is 10.8 Å². The molecule has 2 heterocycles. The number of thioether (sulfide) groups is 1. The van der Waals surface area contributed by atoms with Crippen molar-refractivity contribution in [2.24, 2.45) is 0 Å². The molecule has 0 aromatic heterocycles. The highest BCUT2D eigenvalue weighted by Gasteiger charge is 2.45. The standard InChI is InChI=1S/C18H26ClN3OS/c1-3-4-8-18(2)22(17(23)14-24-18)21-11-9-20(10-12-21)16-7-5-6-15(19)13-16/h5-7,13H,3-4,8-12,14H2,1-2H3. The van der Waals surface area contributed by atoms with Crippen LogP contribution in [0.25, 0.3) is 0 Å². The predicted octanol–water partition coefficient (Wildman–Crippen LogP) is 3.86. The molecule has 0 spiro atoms. The number of halogens is 1. The quantitative estimate of drug-likeness (QED) is 0.789. The first kappa shape index (κ1) is 17.9. The molecule has 2 aliphatic rings. The van der Waals surface area contributed by atoms with Crippen LogP contribution in [0, 0.1) is 0 Å². The van der Waals surface area contributed by atoms with E-state index in [1.165, 1.54) is 6.42 Å². The third kappa shape index (κ3) is 3.68. The average Bonchev–Trinajstić information content (AvgIpc) is 2.88. The third-order valence-corrected chi connectivity index (χ3v) is 6.52. The Labute approximate surface area is 154 Å². The van der Waals surface area contributed by atoms with Crippen molar-refractivity contribution >= 4 is 35.0 Å². The maximum Gasteiger partial charge on any atom is 0.248 e. The van der Waals surface area contributed by atoms with Gasteiger partial charge in [-0.3, -0.25) is 9.80 Å². The Bertz CT molecular complexity index is 591. The van der Waals surface area contributed by atoms with Gasteiger partial charge >= 0.3 is 0 Å². The van der Waals surface area contributed by atoms with Gasteiger partial charge in [0.25, 0.3) is 0 Å². The molecule has 24 heavy (non-hydrogen) atoms. The molecule has 4 nitrogen and oxygen atoms in total. The number of rotatable bonds is 5. The van der Waals surface area contributed by atoms with Crippen molar-refractivity contribution in [1.29, 1.82) is 0 Å². The fourth-order valence-corrected chi connectivity index (χ4v) is 4.94. The van der Waals surface area contributed by atoms with Crippen molar-refractivity contribution in [2.75, 3.05) is 36.8 Å².